The van der Waals surface area contributed by atoms with Crippen molar-refractivity contribution in [3.63, 3.8) is 0 Å². The van der Waals surface area contributed by atoms with Gasteiger partial charge in [-0.05, 0) is 55.5 Å². The van der Waals surface area contributed by atoms with Gasteiger partial charge in [-0.25, -0.2) is 9.59 Å². The molecule has 0 heterocycles. The van der Waals surface area contributed by atoms with Gasteiger partial charge in [-0.2, -0.15) is 0 Å². The molecule has 22 heavy (non-hydrogen) atoms. The highest BCUT2D eigenvalue weighted by Gasteiger charge is 2.17. The van der Waals surface area contributed by atoms with Crippen LogP contribution in [-0.2, 0) is 4.79 Å². The molecule has 0 saturated heterocycles. The third-order valence-electron chi connectivity index (χ3n) is 2.78. The first-order valence-corrected chi connectivity index (χ1v) is 6.81. The number of hydrogen-bond donors (Lipinski definition) is 1. The zero-order valence-corrected chi connectivity index (χ0v) is 12.4. The largest absolute Gasteiger partial charge is 0.479 e. The van der Waals surface area contributed by atoms with E-state index in [0.29, 0.717) is 10.8 Å². The molecule has 1 N–H and O–H groups in total. The molecular weight excluding hydrogens is 308 g/mol. The molecule has 0 aliphatic heterocycles. The quantitative estimate of drug-likeness (QED) is 0.675. The van der Waals surface area contributed by atoms with Crippen LogP contribution in [0.2, 0.25) is 5.02 Å². The number of benzene rings is 2. The molecular formula is C16H13ClO5. The Morgan fingerprint density at radius 2 is 1.55 bits per heavy atom. The maximum atomic E-state index is 11.9. The highest BCUT2D eigenvalue weighted by molar-refractivity contribution is 6.30. The zero-order chi connectivity index (χ0) is 16.1. The molecule has 0 saturated carbocycles. The SMILES string of the molecule is CC(Oc1ccc(Cl)cc1)C(=O)Oc1ccc(C(=O)O)cc1. The Morgan fingerprint density at radius 1 is 1.00 bits per heavy atom. The molecule has 114 valence electrons. The van der Waals surface area contributed by atoms with Crippen molar-refractivity contribution in [3.8, 4) is 11.5 Å². The zero-order valence-electron chi connectivity index (χ0n) is 11.7. The predicted octanol–water partition coefficient (Wildman–Crippen LogP) is 3.41. The summed E-state index contributed by atoms with van der Waals surface area (Å²) in [5.74, 6) is -0.882. The molecule has 0 aliphatic rings. The summed E-state index contributed by atoms with van der Waals surface area (Å²) in [5.41, 5.74) is 0.116. The standard InChI is InChI=1S/C16H13ClO5/c1-10(21-13-8-4-12(17)5-9-13)16(20)22-14-6-2-11(3-7-14)15(18)19/h2-10H,1H3,(H,18,19). The number of halogens is 1. The van der Waals surface area contributed by atoms with E-state index in [1.165, 1.54) is 24.3 Å². The van der Waals surface area contributed by atoms with Gasteiger partial charge in [-0.1, -0.05) is 11.6 Å². The van der Waals surface area contributed by atoms with Gasteiger partial charge in [0.1, 0.15) is 11.5 Å². The van der Waals surface area contributed by atoms with E-state index in [4.69, 9.17) is 26.2 Å². The van der Waals surface area contributed by atoms with Crippen molar-refractivity contribution in [2.24, 2.45) is 0 Å². The molecule has 5 nitrogen and oxygen atoms in total. The summed E-state index contributed by atoms with van der Waals surface area (Å²) in [6.07, 6.45) is -0.819. The number of aromatic carboxylic acids is 1. The van der Waals surface area contributed by atoms with E-state index in [2.05, 4.69) is 0 Å². The van der Waals surface area contributed by atoms with E-state index in [0.717, 1.165) is 0 Å². The fourth-order valence-corrected chi connectivity index (χ4v) is 1.76. The van der Waals surface area contributed by atoms with E-state index in [9.17, 15) is 9.59 Å². The molecule has 2 aromatic rings. The summed E-state index contributed by atoms with van der Waals surface area (Å²) in [6, 6.07) is 12.1. The number of ether oxygens (including phenoxy) is 2. The Labute approximate surface area is 132 Å². The average molecular weight is 321 g/mol. The minimum Gasteiger partial charge on any atom is -0.479 e. The van der Waals surface area contributed by atoms with Crippen LogP contribution in [-0.4, -0.2) is 23.1 Å². The van der Waals surface area contributed by atoms with E-state index >= 15 is 0 Å². The molecule has 0 radical (unpaired) electrons. The molecule has 0 aromatic heterocycles. The smallest absolute Gasteiger partial charge is 0.352 e. The van der Waals surface area contributed by atoms with Gasteiger partial charge in [-0.15, -0.1) is 0 Å². The average Bonchev–Trinajstić information content (AvgIpc) is 2.50. The van der Waals surface area contributed by atoms with Crippen LogP contribution >= 0.6 is 11.6 Å². The van der Waals surface area contributed by atoms with Gasteiger partial charge >= 0.3 is 11.9 Å². The van der Waals surface area contributed by atoms with E-state index in [1.807, 2.05) is 0 Å². The summed E-state index contributed by atoms with van der Waals surface area (Å²) in [6.45, 7) is 1.56. The number of rotatable bonds is 5. The molecule has 0 aliphatic carbocycles. The van der Waals surface area contributed by atoms with E-state index in [1.54, 1.807) is 31.2 Å². The predicted molar refractivity (Wildman–Crippen MR) is 80.6 cm³/mol. The van der Waals surface area contributed by atoms with Crippen molar-refractivity contribution in [1.82, 2.24) is 0 Å². The molecule has 0 fully saturated rings. The number of carbonyl (C=O) groups is 2. The molecule has 6 heteroatoms. The number of hydrogen-bond acceptors (Lipinski definition) is 4. The van der Waals surface area contributed by atoms with Gasteiger partial charge in [0.05, 0.1) is 5.56 Å². The number of carboxylic acid groups (broad SMARTS) is 1. The second-order valence-corrected chi connectivity index (χ2v) is 4.90. The highest BCUT2D eigenvalue weighted by Crippen LogP contribution is 2.18. The summed E-state index contributed by atoms with van der Waals surface area (Å²) in [7, 11) is 0. The normalized spacial score (nSPS) is 11.5. The van der Waals surface area contributed by atoms with Gasteiger partial charge in [0.25, 0.3) is 0 Å². The van der Waals surface area contributed by atoms with Crippen LogP contribution in [0.15, 0.2) is 48.5 Å². The van der Waals surface area contributed by atoms with Crippen LogP contribution in [0, 0.1) is 0 Å². The lowest BCUT2D eigenvalue weighted by Gasteiger charge is -2.13. The van der Waals surface area contributed by atoms with Gasteiger partial charge in [-0.3, -0.25) is 0 Å². The third-order valence-corrected chi connectivity index (χ3v) is 3.03. The van der Waals surface area contributed by atoms with Crippen LogP contribution in [0.1, 0.15) is 17.3 Å². The Bertz CT molecular complexity index is 664. The summed E-state index contributed by atoms with van der Waals surface area (Å²) in [4.78, 5) is 22.6. The van der Waals surface area contributed by atoms with Crippen LogP contribution in [0.25, 0.3) is 0 Å². The Balaban J connectivity index is 1.95. The number of esters is 1. The molecule has 0 spiro atoms. The monoisotopic (exact) mass is 320 g/mol. The number of carboxylic acids is 1. The van der Waals surface area contributed by atoms with Crippen LogP contribution < -0.4 is 9.47 Å². The molecule has 2 aromatic carbocycles. The van der Waals surface area contributed by atoms with Crippen molar-refractivity contribution in [2.75, 3.05) is 0 Å². The lowest BCUT2D eigenvalue weighted by molar-refractivity contribution is -0.141. The second kappa shape index (κ2) is 6.95. The first kappa shape index (κ1) is 15.9. The summed E-state index contributed by atoms with van der Waals surface area (Å²) >= 11 is 5.76. The lowest BCUT2D eigenvalue weighted by Crippen LogP contribution is -2.28. The van der Waals surface area contributed by atoms with Crippen LogP contribution in [0.4, 0.5) is 0 Å². The van der Waals surface area contributed by atoms with Crippen LogP contribution in [0.5, 0.6) is 11.5 Å². The van der Waals surface area contributed by atoms with Gasteiger partial charge in [0, 0.05) is 5.02 Å². The maximum Gasteiger partial charge on any atom is 0.352 e. The molecule has 1 unspecified atom stereocenters. The lowest BCUT2D eigenvalue weighted by atomic mass is 10.2. The van der Waals surface area contributed by atoms with Gasteiger partial charge in [0.2, 0.25) is 0 Å². The first-order chi connectivity index (χ1) is 10.5. The summed E-state index contributed by atoms with van der Waals surface area (Å²) < 4.78 is 10.6. The van der Waals surface area contributed by atoms with Crippen molar-refractivity contribution in [2.45, 2.75) is 13.0 Å². The first-order valence-electron chi connectivity index (χ1n) is 6.43. The van der Waals surface area contributed by atoms with Gasteiger partial charge in [0.15, 0.2) is 6.10 Å². The van der Waals surface area contributed by atoms with Gasteiger partial charge < -0.3 is 14.6 Å². The third kappa shape index (κ3) is 4.23. The van der Waals surface area contributed by atoms with E-state index < -0.39 is 18.0 Å². The topological polar surface area (TPSA) is 72.8 Å². The van der Waals surface area contributed by atoms with Crippen molar-refractivity contribution in [3.05, 3.63) is 59.1 Å². The Hall–Kier alpha value is -2.53. The maximum absolute atomic E-state index is 11.9. The Kier molecular flexibility index (Phi) is 5.01. The van der Waals surface area contributed by atoms with E-state index in [-0.39, 0.29) is 11.3 Å². The molecule has 1 atom stereocenters. The minimum atomic E-state index is -1.04. The summed E-state index contributed by atoms with van der Waals surface area (Å²) in [5, 5.41) is 9.36. The van der Waals surface area contributed by atoms with Crippen molar-refractivity contribution >= 4 is 23.5 Å². The second-order valence-electron chi connectivity index (χ2n) is 4.46. The minimum absolute atomic E-state index is 0.116. The highest BCUT2D eigenvalue weighted by atomic mass is 35.5. The number of carbonyl (C=O) groups excluding carboxylic acids is 1. The molecule has 2 rings (SSSR count). The fraction of sp³-hybridized carbons (Fsp3) is 0.125. The molecule has 0 bridgehead atoms. The fourth-order valence-electron chi connectivity index (χ4n) is 1.63. The Morgan fingerprint density at radius 3 is 2.09 bits per heavy atom. The van der Waals surface area contributed by atoms with Crippen molar-refractivity contribution in [1.29, 1.82) is 0 Å². The molecule has 0 amide bonds. The van der Waals surface area contributed by atoms with Crippen LogP contribution in [0.3, 0.4) is 0 Å². The van der Waals surface area contributed by atoms with Crippen molar-refractivity contribution < 1.29 is 24.2 Å².